The summed E-state index contributed by atoms with van der Waals surface area (Å²) in [5.74, 6) is -0.116. The van der Waals surface area contributed by atoms with Crippen LogP contribution >= 0.6 is 24.8 Å². The van der Waals surface area contributed by atoms with Gasteiger partial charge in [-0.25, -0.2) is 9.78 Å². The smallest absolute Gasteiger partial charge is 0.335 e. The van der Waals surface area contributed by atoms with E-state index in [1.165, 1.54) is 18.9 Å². The van der Waals surface area contributed by atoms with Crippen LogP contribution in [0.3, 0.4) is 0 Å². The van der Waals surface area contributed by atoms with E-state index >= 15 is 0 Å². The van der Waals surface area contributed by atoms with E-state index in [2.05, 4.69) is 9.88 Å². The van der Waals surface area contributed by atoms with Crippen molar-refractivity contribution in [2.24, 2.45) is 0 Å². The van der Waals surface area contributed by atoms with E-state index in [0.717, 1.165) is 18.9 Å². The van der Waals surface area contributed by atoms with Crippen LogP contribution in [-0.2, 0) is 0 Å². The fourth-order valence-electron chi connectivity index (χ4n) is 1.67. The number of nitrogens with zero attached hydrogens (tertiary/aromatic N) is 2. The van der Waals surface area contributed by atoms with Crippen LogP contribution in [0, 0.1) is 0 Å². The molecule has 2 rings (SSSR count). The lowest BCUT2D eigenvalue weighted by Gasteiger charge is -2.15. The summed E-state index contributed by atoms with van der Waals surface area (Å²) < 4.78 is 0. The maximum atomic E-state index is 10.7. The third kappa shape index (κ3) is 3.25. The first-order chi connectivity index (χ1) is 6.77. The molecule has 0 aromatic carbocycles. The molecular formula is C10H14Cl2N2O2. The average Bonchev–Trinajstić information content (AvgIpc) is 2.71. The molecule has 4 nitrogen and oxygen atoms in total. The van der Waals surface area contributed by atoms with Gasteiger partial charge >= 0.3 is 5.97 Å². The molecule has 0 spiro atoms. The number of aromatic nitrogens is 1. The number of hydrogen-bond donors (Lipinski definition) is 1. The van der Waals surface area contributed by atoms with Crippen LogP contribution in [-0.4, -0.2) is 29.1 Å². The minimum absolute atomic E-state index is 0. The van der Waals surface area contributed by atoms with Gasteiger partial charge in [-0.3, -0.25) is 0 Å². The van der Waals surface area contributed by atoms with Crippen molar-refractivity contribution in [3.05, 3.63) is 23.9 Å². The number of carboxylic acids is 1. The van der Waals surface area contributed by atoms with E-state index < -0.39 is 5.97 Å². The summed E-state index contributed by atoms with van der Waals surface area (Å²) in [7, 11) is 0. The Hall–Kier alpha value is -1.00. The molecule has 0 unspecified atom stereocenters. The highest BCUT2D eigenvalue weighted by atomic mass is 35.5. The third-order valence-corrected chi connectivity index (χ3v) is 2.42. The van der Waals surface area contributed by atoms with Crippen LogP contribution in [0.5, 0.6) is 0 Å². The van der Waals surface area contributed by atoms with Gasteiger partial charge in [0, 0.05) is 19.3 Å². The number of carboxylic acid groups (broad SMARTS) is 1. The minimum atomic E-state index is -0.896. The second kappa shape index (κ2) is 6.55. The standard InChI is InChI=1S/C10H12N2O2.2ClH/c13-10(14)8-3-4-11-9(7-8)12-5-1-2-6-12;;/h3-4,7H,1-2,5-6H2,(H,13,14);2*1H. The highest BCUT2D eigenvalue weighted by Gasteiger charge is 2.14. The van der Waals surface area contributed by atoms with Gasteiger partial charge in [0.2, 0.25) is 0 Å². The summed E-state index contributed by atoms with van der Waals surface area (Å²) in [6.45, 7) is 1.96. The van der Waals surface area contributed by atoms with Crippen molar-refractivity contribution in [1.29, 1.82) is 0 Å². The molecule has 0 atom stereocenters. The lowest BCUT2D eigenvalue weighted by molar-refractivity contribution is 0.0697. The van der Waals surface area contributed by atoms with E-state index in [1.54, 1.807) is 12.3 Å². The highest BCUT2D eigenvalue weighted by Crippen LogP contribution is 2.18. The molecule has 90 valence electrons. The van der Waals surface area contributed by atoms with Gasteiger partial charge < -0.3 is 10.0 Å². The van der Waals surface area contributed by atoms with Crippen LogP contribution in [0.1, 0.15) is 23.2 Å². The van der Waals surface area contributed by atoms with Crippen molar-refractivity contribution in [3.8, 4) is 0 Å². The first kappa shape index (κ1) is 15.0. The van der Waals surface area contributed by atoms with Gasteiger partial charge in [-0.05, 0) is 25.0 Å². The molecule has 1 aromatic rings. The first-order valence-electron chi connectivity index (χ1n) is 4.71. The Morgan fingerprint density at radius 1 is 1.31 bits per heavy atom. The molecule has 0 amide bonds. The Bertz CT molecular complexity index is 354. The van der Waals surface area contributed by atoms with E-state index in [1.807, 2.05) is 0 Å². The molecule has 0 radical (unpaired) electrons. The first-order valence-corrected chi connectivity index (χ1v) is 4.71. The number of pyridine rings is 1. The Balaban J connectivity index is 0.00000112. The van der Waals surface area contributed by atoms with Crippen molar-refractivity contribution < 1.29 is 9.90 Å². The molecule has 2 heterocycles. The van der Waals surface area contributed by atoms with Gasteiger partial charge in [-0.2, -0.15) is 0 Å². The molecule has 1 aliphatic heterocycles. The monoisotopic (exact) mass is 264 g/mol. The van der Waals surface area contributed by atoms with Gasteiger partial charge in [0.25, 0.3) is 0 Å². The number of aromatic carboxylic acids is 1. The number of hydrogen-bond acceptors (Lipinski definition) is 3. The summed E-state index contributed by atoms with van der Waals surface area (Å²) in [6.07, 6.45) is 3.88. The van der Waals surface area contributed by atoms with Crippen LogP contribution < -0.4 is 4.90 Å². The molecule has 0 bridgehead atoms. The van der Waals surface area contributed by atoms with E-state index in [4.69, 9.17) is 5.11 Å². The quantitative estimate of drug-likeness (QED) is 0.890. The summed E-state index contributed by atoms with van der Waals surface area (Å²) >= 11 is 0. The topological polar surface area (TPSA) is 53.4 Å². The third-order valence-electron chi connectivity index (χ3n) is 2.42. The van der Waals surface area contributed by atoms with Gasteiger partial charge in [0.05, 0.1) is 5.56 Å². The second-order valence-electron chi connectivity index (χ2n) is 3.40. The normalized spacial score (nSPS) is 13.9. The molecule has 0 saturated carbocycles. The molecule has 6 heteroatoms. The molecule has 16 heavy (non-hydrogen) atoms. The summed E-state index contributed by atoms with van der Waals surface area (Å²) in [6, 6.07) is 3.15. The zero-order chi connectivity index (χ0) is 9.97. The summed E-state index contributed by atoms with van der Waals surface area (Å²) in [5, 5.41) is 8.81. The van der Waals surface area contributed by atoms with Crippen molar-refractivity contribution in [1.82, 2.24) is 4.98 Å². The Kier molecular flexibility index (Phi) is 6.14. The summed E-state index contributed by atoms with van der Waals surface area (Å²) in [5.41, 5.74) is 0.307. The van der Waals surface area contributed by atoms with Gasteiger partial charge in [0.1, 0.15) is 5.82 Å². The van der Waals surface area contributed by atoms with Crippen LogP contribution in [0.25, 0.3) is 0 Å². The summed E-state index contributed by atoms with van der Waals surface area (Å²) in [4.78, 5) is 17.0. The fourth-order valence-corrected chi connectivity index (χ4v) is 1.67. The van der Waals surface area contributed by atoms with Crippen molar-refractivity contribution in [2.75, 3.05) is 18.0 Å². The molecule has 1 N–H and O–H groups in total. The fraction of sp³-hybridized carbons (Fsp3) is 0.400. The zero-order valence-corrected chi connectivity index (χ0v) is 10.3. The molecule has 1 fully saturated rings. The van der Waals surface area contributed by atoms with Crippen LogP contribution in [0.15, 0.2) is 18.3 Å². The molecular weight excluding hydrogens is 251 g/mol. The number of rotatable bonds is 2. The van der Waals surface area contributed by atoms with E-state index in [9.17, 15) is 4.79 Å². The Morgan fingerprint density at radius 3 is 2.50 bits per heavy atom. The molecule has 1 saturated heterocycles. The van der Waals surface area contributed by atoms with Gasteiger partial charge in [-0.15, -0.1) is 24.8 Å². The van der Waals surface area contributed by atoms with Crippen LogP contribution in [0.2, 0.25) is 0 Å². The SMILES string of the molecule is Cl.Cl.O=C(O)c1ccnc(N2CCCC2)c1. The lowest BCUT2D eigenvalue weighted by Crippen LogP contribution is -2.19. The van der Waals surface area contributed by atoms with Crippen LogP contribution in [0.4, 0.5) is 5.82 Å². The maximum Gasteiger partial charge on any atom is 0.335 e. The minimum Gasteiger partial charge on any atom is -0.478 e. The molecule has 1 aliphatic rings. The van der Waals surface area contributed by atoms with Gasteiger partial charge in [0.15, 0.2) is 0 Å². The predicted octanol–water partition coefficient (Wildman–Crippen LogP) is 2.22. The zero-order valence-electron chi connectivity index (χ0n) is 8.63. The van der Waals surface area contributed by atoms with Crippen molar-refractivity contribution in [3.63, 3.8) is 0 Å². The van der Waals surface area contributed by atoms with Gasteiger partial charge in [-0.1, -0.05) is 0 Å². The van der Waals surface area contributed by atoms with Crippen molar-refractivity contribution >= 4 is 36.6 Å². The van der Waals surface area contributed by atoms with E-state index in [-0.39, 0.29) is 24.8 Å². The van der Waals surface area contributed by atoms with Crippen molar-refractivity contribution in [2.45, 2.75) is 12.8 Å². The molecule has 0 aliphatic carbocycles. The number of carbonyl (C=O) groups is 1. The Morgan fingerprint density at radius 2 is 1.94 bits per heavy atom. The lowest BCUT2D eigenvalue weighted by atomic mass is 10.2. The number of anilines is 1. The highest BCUT2D eigenvalue weighted by molar-refractivity contribution is 5.88. The largest absolute Gasteiger partial charge is 0.478 e. The Labute approximate surface area is 106 Å². The number of halogens is 2. The predicted molar refractivity (Wildman–Crippen MR) is 67.1 cm³/mol. The van der Waals surface area contributed by atoms with E-state index in [0.29, 0.717) is 5.56 Å². The maximum absolute atomic E-state index is 10.7. The average molecular weight is 265 g/mol. The molecule has 1 aromatic heterocycles. The second-order valence-corrected chi connectivity index (χ2v) is 3.40.